The largest absolute Gasteiger partial charge is 0.324 e. The van der Waals surface area contributed by atoms with Crippen molar-refractivity contribution in [2.24, 2.45) is 0 Å². The number of amides is 1. The third kappa shape index (κ3) is 3.92. The van der Waals surface area contributed by atoms with Crippen LogP contribution in [-0.2, 0) is 11.3 Å². The highest BCUT2D eigenvalue weighted by Gasteiger charge is 2.09. The Morgan fingerprint density at radius 1 is 1.43 bits per heavy atom. The average molecular weight is 374 g/mol. The van der Waals surface area contributed by atoms with E-state index in [1.54, 1.807) is 12.3 Å². The molecule has 2 aromatic rings. The monoisotopic (exact) mass is 372 g/mol. The van der Waals surface area contributed by atoms with Gasteiger partial charge in [-0.3, -0.25) is 9.59 Å². The average Bonchev–Trinajstić information content (AvgIpc) is 2.39. The molecule has 0 bridgehead atoms. The van der Waals surface area contributed by atoms with Crippen LogP contribution in [0.15, 0.2) is 39.7 Å². The summed E-state index contributed by atoms with van der Waals surface area (Å²) >= 11 is 8.78. The fourth-order valence-corrected chi connectivity index (χ4v) is 2.56. The first-order valence-corrected chi connectivity index (χ1v) is 7.15. The summed E-state index contributed by atoms with van der Waals surface area (Å²) in [4.78, 5) is 23.8. The molecule has 1 aromatic carbocycles. The predicted molar refractivity (Wildman–Crippen MR) is 83.2 cm³/mol. The first-order valence-electron chi connectivity index (χ1n) is 5.98. The fourth-order valence-electron chi connectivity index (χ4n) is 1.79. The molecule has 2 rings (SSSR count). The molecule has 1 heterocycles. The molecule has 0 aliphatic heterocycles. The van der Waals surface area contributed by atoms with Gasteiger partial charge in [-0.2, -0.15) is 0 Å². The first kappa shape index (κ1) is 15.7. The Kier molecular flexibility index (Phi) is 4.80. The molecule has 0 unspecified atom stereocenters. The van der Waals surface area contributed by atoms with Crippen molar-refractivity contribution in [3.8, 4) is 0 Å². The summed E-state index contributed by atoms with van der Waals surface area (Å²) in [6.07, 6.45) is 1.59. The standard InChI is InChI=1S/C14H11BrClFN2O2/c1-8-4-10(15)14(21)19(6-8)7-13(20)18-9-2-3-12(17)11(16)5-9/h2-6H,7H2,1H3,(H,18,20). The lowest BCUT2D eigenvalue weighted by Gasteiger charge is -2.09. The third-order valence-corrected chi connectivity index (χ3v) is 3.55. The SMILES string of the molecule is Cc1cc(Br)c(=O)n(CC(=O)Nc2ccc(F)c(Cl)c2)c1. The number of hydrogen-bond donors (Lipinski definition) is 1. The summed E-state index contributed by atoms with van der Waals surface area (Å²) in [6, 6.07) is 5.54. The Bertz CT molecular complexity index is 761. The van der Waals surface area contributed by atoms with Crippen molar-refractivity contribution in [1.82, 2.24) is 4.57 Å². The number of hydrogen-bond acceptors (Lipinski definition) is 2. The summed E-state index contributed by atoms with van der Waals surface area (Å²) in [7, 11) is 0. The van der Waals surface area contributed by atoms with E-state index in [4.69, 9.17) is 11.6 Å². The van der Waals surface area contributed by atoms with Crippen LogP contribution in [0.3, 0.4) is 0 Å². The Morgan fingerprint density at radius 3 is 2.81 bits per heavy atom. The number of nitrogens with zero attached hydrogens (tertiary/aromatic N) is 1. The summed E-state index contributed by atoms with van der Waals surface area (Å²) in [5.41, 5.74) is 0.915. The van der Waals surface area contributed by atoms with Crippen LogP contribution in [-0.4, -0.2) is 10.5 Å². The molecule has 7 heteroatoms. The van der Waals surface area contributed by atoms with Crippen LogP contribution in [0.25, 0.3) is 0 Å². The summed E-state index contributed by atoms with van der Waals surface area (Å²) in [5.74, 6) is -0.967. The third-order valence-electron chi connectivity index (χ3n) is 2.70. The lowest BCUT2D eigenvalue weighted by molar-refractivity contribution is -0.116. The molecule has 0 atom stereocenters. The molecular weight excluding hydrogens is 363 g/mol. The number of rotatable bonds is 3. The van der Waals surface area contributed by atoms with Gasteiger partial charge in [0, 0.05) is 11.9 Å². The van der Waals surface area contributed by atoms with E-state index in [-0.39, 0.29) is 17.1 Å². The molecule has 0 saturated carbocycles. The van der Waals surface area contributed by atoms with Gasteiger partial charge in [0.1, 0.15) is 12.4 Å². The van der Waals surface area contributed by atoms with Crippen molar-refractivity contribution in [1.29, 1.82) is 0 Å². The molecule has 21 heavy (non-hydrogen) atoms. The smallest absolute Gasteiger partial charge is 0.265 e. The molecular formula is C14H11BrClFN2O2. The maximum atomic E-state index is 13.0. The van der Waals surface area contributed by atoms with Crippen LogP contribution in [0.5, 0.6) is 0 Å². The van der Waals surface area contributed by atoms with Crippen molar-refractivity contribution < 1.29 is 9.18 Å². The molecule has 1 aromatic heterocycles. The van der Waals surface area contributed by atoms with Crippen molar-refractivity contribution in [2.75, 3.05) is 5.32 Å². The molecule has 1 N–H and O–H groups in total. The van der Waals surface area contributed by atoms with E-state index >= 15 is 0 Å². The zero-order chi connectivity index (χ0) is 15.6. The minimum atomic E-state index is -0.562. The van der Waals surface area contributed by atoms with Gasteiger partial charge in [0.15, 0.2) is 0 Å². The van der Waals surface area contributed by atoms with Crippen LogP contribution < -0.4 is 10.9 Å². The zero-order valence-corrected chi connectivity index (χ0v) is 13.3. The summed E-state index contributed by atoms with van der Waals surface area (Å²) in [5, 5.41) is 2.48. The molecule has 1 amide bonds. The molecule has 0 fully saturated rings. The zero-order valence-electron chi connectivity index (χ0n) is 11.0. The Balaban J connectivity index is 2.15. The summed E-state index contributed by atoms with van der Waals surface area (Å²) in [6.45, 7) is 1.67. The highest BCUT2D eigenvalue weighted by Crippen LogP contribution is 2.19. The van der Waals surface area contributed by atoms with Gasteiger partial charge in [-0.25, -0.2) is 4.39 Å². The van der Waals surface area contributed by atoms with E-state index in [1.165, 1.54) is 16.7 Å². The lowest BCUT2D eigenvalue weighted by atomic mass is 10.3. The first-order chi connectivity index (χ1) is 9.86. The topological polar surface area (TPSA) is 51.1 Å². The quantitative estimate of drug-likeness (QED) is 0.897. The molecule has 0 saturated heterocycles. The molecule has 0 aliphatic carbocycles. The Hall–Kier alpha value is -1.66. The number of benzene rings is 1. The second kappa shape index (κ2) is 6.41. The number of nitrogens with one attached hydrogen (secondary N) is 1. The van der Waals surface area contributed by atoms with Gasteiger partial charge in [0.05, 0.1) is 9.50 Å². The molecule has 4 nitrogen and oxygen atoms in total. The summed E-state index contributed by atoms with van der Waals surface area (Å²) < 4.78 is 14.7. The lowest BCUT2D eigenvalue weighted by Crippen LogP contribution is -2.27. The molecule has 0 aliphatic rings. The maximum absolute atomic E-state index is 13.0. The Morgan fingerprint density at radius 2 is 2.14 bits per heavy atom. The van der Waals surface area contributed by atoms with Crippen LogP contribution >= 0.6 is 27.5 Å². The van der Waals surface area contributed by atoms with Gasteiger partial charge in [-0.1, -0.05) is 11.6 Å². The van der Waals surface area contributed by atoms with Gasteiger partial charge in [0.25, 0.3) is 5.56 Å². The highest BCUT2D eigenvalue weighted by molar-refractivity contribution is 9.10. The van der Waals surface area contributed by atoms with E-state index < -0.39 is 11.7 Å². The Labute approximate surface area is 133 Å². The molecule has 0 radical (unpaired) electrons. The van der Waals surface area contributed by atoms with Crippen molar-refractivity contribution >= 4 is 39.1 Å². The number of aromatic nitrogens is 1. The molecule has 110 valence electrons. The number of pyridine rings is 1. The molecule has 0 spiro atoms. The highest BCUT2D eigenvalue weighted by atomic mass is 79.9. The fraction of sp³-hybridized carbons (Fsp3) is 0.143. The normalized spacial score (nSPS) is 10.5. The van der Waals surface area contributed by atoms with Crippen molar-refractivity contribution in [3.05, 3.63) is 61.7 Å². The van der Waals surface area contributed by atoms with Crippen molar-refractivity contribution in [2.45, 2.75) is 13.5 Å². The van der Waals surface area contributed by atoms with Crippen LogP contribution in [0.1, 0.15) is 5.56 Å². The second-order valence-electron chi connectivity index (χ2n) is 4.48. The van der Waals surface area contributed by atoms with E-state index in [2.05, 4.69) is 21.2 Å². The van der Waals surface area contributed by atoms with E-state index in [0.717, 1.165) is 11.6 Å². The second-order valence-corrected chi connectivity index (χ2v) is 5.74. The van der Waals surface area contributed by atoms with Crippen molar-refractivity contribution in [3.63, 3.8) is 0 Å². The van der Waals surface area contributed by atoms with E-state index in [0.29, 0.717) is 10.2 Å². The van der Waals surface area contributed by atoms with Gasteiger partial charge < -0.3 is 9.88 Å². The number of halogens is 3. The van der Waals surface area contributed by atoms with Gasteiger partial charge in [0.2, 0.25) is 5.91 Å². The van der Waals surface area contributed by atoms with Crippen LogP contribution in [0.2, 0.25) is 5.02 Å². The van der Waals surface area contributed by atoms with Crippen LogP contribution in [0, 0.1) is 12.7 Å². The van der Waals surface area contributed by atoms with Crippen LogP contribution in [0.4, 0.5) is 10.1 Å². The minimum absolute atomic E-state index is 0.0803. The number of anilines is 1. The number of carbonyl (C=O) groups excluding carboxylic acids is 1. The van der Waals surface area contributed by atoms with Gasteiger partial charge >= 0.3 is 0 Å². The van der Waals surface area contributed by atoms with E-state index in [9.17, 15) is 14.0 Å². The number of carbonyl (C=O) groups is 1. The minimum Gasteiger partial charge on any atom is -0.324 e. The van der Waals surface area contributed by atoms with E-state index in [1.807, 2.05) is 6.92 Å². The number of aryl methyl sites for hydroxylation is 1. The maximum Gasteiger partial charge on any atom is 0.265 e. The predicted octanol–water partition coefficient (Wildman–Crippen LogP) is 3.35. The van der Waals surface area contributed by atoms with Gasteiger partial charge in [-0.05, 0) is 52.7 Å². The van der Waals surface area contributed by atoms with Gasteiger partial charge in [-0.15, -0.1) is 0 Å².